The summed E-state index contributed by atoms with van der Waals surface area (Å²) in [6.45, 7) is 3.97. The first-order valence-corrected chi connectivity index (χ1v) is 7.69. The van der Waals surface area contributed by atoms with Gasteiger partial charge in [0.05, 0.1) is 11.0 Å². The van der Waals surface area contributed by atoms with Gasteiger partial charge >= 0.3 is 5.97 Å². The molecule has 1 aromatic heterocycles. The lowest BCUT2D eigenvalue weighted by Gasteiger charge is -2.18. The molecule has 6 nitrogen and oxygen atoms in total. The van der Waals surface area contributed by atoms with E-state index in [1.807, 2.05) is 12.1 Å². The van der Waals surface area contributed by atoms with E-state index in [9.17, 15) is 4.79 Å². The van der Waals surface area contributed by atoms with Crippen LogP contribution in [0, 0.1) is 0 Å². The number of imidazole rings is 1. The maximum atomic E-state index is 10.6. The minimum absolute atomic E-state index is 0.209. The average molecular weight is 304 g/mol. The molecule has 0 spiro atoms. The van der Waals surface area contributed by atoms with Crippen molar-refractivity contribution in [3.63, 3.8) is 0 Å². The van der Waals surface area contributed by atoms with Gasteiger partial charge in [0.25, 0.3) is 0 Å². The van der Waals surface area contributed by atoms with Crippen LogP contribution in [0.1, 0.15) is 32.0 Å². The quantitative estimate of drug-likeness (QED) is 0.830. The van der Waals surface area contributed by atoms with Crippen molar-refractivity contribution >= 4 is 17.0 Å². The van der Waals surface area contributed by atoms with Gasteiger partial charge in [-0.15, -0.1) is 0 Å². The second kappa shape index (κ2) is 6.25. The molecule has 2 heterocycles. The van der Waals surface area contributed by atoms with Crippen molar-refractivity contribution in [2.45, 2.75) is 39.2 Å². The summed E-state index contributed by atoms with van der Waals surface area (Å²) in [5.41, 5.74) is 1.93. The van der Waals surface area contributed by atoms with Crippen LogP contribution in [-0.4, -0.2) is 33.8 Å². The van der Waals surface area contributed by atoms with Gasteiger partial charge in [0, 0.05) is 31.5 Å². The van der Waals surface area contributed by atoms with Gasteiger partial charge in [0.1, 0.15) is 19.0 Å². The Kier molecular flexibility index (Phi) is 4.18. The van der Waals surface area contributed by atoms with Crippen LogP contribution in [0.25, 0.3) is 11.0 Å². The second-order valence-corrected chi connectivity index (χ2v) is 5.37. The maximum absolute atomic E-state index is 10.6. The summed E-state index contributed by atoms with van der Waals surface area (Å²) in [6, 6.07) is 3.91. The topological polar surface area (TPSA) is 73.6 Å². The van der Waals surface area contributed by atoms with E-state index in [4.69, 9.17) is 14.6 Å². The zero-order valence-electron chi connectivity index (χ0n) is 12.7. The molecule has 0 radical (unpaired) electrons. The van der Waals surface area contributed by atoms with E-state index < -0.39 is 5.97 Å². The Bertz CT molecular complexity index is 693. The summed E-state index contributed by atoms with van der Waals surface area (Å²) < 4.78 is 13.4. The Labute approximate surface area is 128 Å². The largest absolute Gasteiger partial charge is 0.486 e. The molecule has 0 aliphatic carbocycles. The molecular formula is C16H20N2O4. The van der Waals surface area contributed by atoms with Crippen molar-refractivity contribution in [2.75, 3.05) is 13.2 Å². The fraction of sp³-hybridized carbons (Fsp3) is 0.500. The molecule has 6 heteroatoms. The van der Waals surface area contributed by atoms with E-state index in [-0.39, 0.29) is 6.42 Å². The molecule has 1 N–H and O–H groups in total. The molecule has 118 valence electrons. The number of carboxylic acid groups (broad SMARTS) is 1. The van der Waals surface area contributed by atoms with Crippen molar-refractivity contribution in [3.8, 4) is 11.5 Å². The molecule has 0 bridgehead atoms. The predicted octanol–water partition coefficient (Wildman–Crippen LogP) is 2.62. The highest BCUT2D eigenvalue weighted by Crippen LogP contribution is 2.35. The monoisotopic (exact) mass is 304 g/mol. The summed E-state index contributed by atoms with van der Waals surface area (Å²) in [5, 5.41) is 8.73. The highest BCUT2D eigenvalue weighted by atomic mass is 16.6. The molecule has 0 fully saturated rings. The predicted molar refractivity (Wildman–Crippen MR) is 81.6 cm³/mol. The van der Waals surface area contributed by atoms with E-state index in [2.05, 4.69) is 16.5 Å². The van der Waals surface area contributed by atoms with Crippen LogP contribution in [0.5, 0.6) is 11.5 Å². The zero-order valence-corrected chi connectivity index (χ0v) is 12.7. The van der Waals surface area contributed by atoms with Gasteiger partial charge in [-0.1, -0.05) is 6.92 Å². The second-order valence-electron chi connectivity index (χ2n) is 5.37. The number of aryl methyl sites for hydroxylation is 2. The van der Waals surface area contributed by atoms with Crippen molar-refractivity contribution in [1.29, 1.82) is 0 Å². The third kappa shape index (κ3) is 2.86. The van der Waals surface area contributed by atoms with Crippen molar-refractivity contribution in [2.24, 2.45) is 0 Å². The third-order valence-electron chi connectivity index (χ3n) is 3.83. The number of fused-ring (bicyclic) bond motifs is 2. The van der Waals surface area contributed by atoms with Crippen molar-refractivity contribution in [1.82, 2.24) is 9.55 Å². The Morgan fingerprint density at radius 2 is 2.00 bits per heavy atom. The van der Waals surface area contributed by atoms with Crippen LogP contribution < -0.4 is 9.47 Å². The Balaban J connectivity index is 1.88. The minimum atomic E-state index is -0.745. The Morgan fingerprint density at radius 3 is 2.68 bits per heavy atom. The van der Waals surface area contributed by atoms with Crippen molar-refractivity contribution < 1.29 is 19.4 Å². The first-order valence-electron chi connectivity index (χ1n) is 7.69. The number of benzene rings is 1. The minimum Gasteiger partial charge on any atom is -0.486 e. The van der Waals surface area contributed by atoms with E-state index in [1.165, 1.54) is 0 Å². The number of carboxylic acids is 1. The summed E-state index contributed by atoms with van der Waals surface area (Å²) >= 11 is 0. The Hall–Kier alpha value is -2.24. The Morgan fingerprint density at radius 1 is 1.27 bits per heavy atom. The van der Waals surface area contributed by atoms with Crippen LogP contribution in [0.4, 0.5) is 0 Å². The molecule has 0 unspecified atom stereocenters. The molecule has 0 atom stereocenters. The van der Waals surface area contributed by atoms with Crippen LogP contribution in [-0.2, 0) is 17.8 Å². The number of unbranched alkanes of at least 4 members (excludes halogenated alkanes) is 1. The molecule has 2 aromatic rings. The lowest BCUT2D eigenvalue weighted by molar-refractivity contribution is -0.137. The standard InChI is InChI=1S/C16H20N2O4/c1-2-15-17-11-9-13-14(22-8-7-21-13)10-12(11)18(15)6-4-3-5-16(19)20/h9-10H,2-8H2,1H3,(H,19,20). The van der Waals surface area contributed by atoms with Gasteiger partial charge in [0.15, 0.2) is 11.5 Å². The number of ether oxygens (including phenoxy) is 2. The molecule has 1 aromatic carbocycles. The molecule has 22 heavy (non-hydrogen) atoms. The van der Waals surface area contributed by atoms with Crippen LogP contribution in [0.2, 0.25) is 0 Å². The molecule has 0 amide bonds. The fourth-order valence-corrected chi connectivity index (χ4v) is 2.78. The van der Waals surface area contributed by atoms with Crippen LogP contribution >= 0.6 is 0 Å². The molecule has 1 aliphatic heterocycles. The maximum Gasteiger partial charge on any atom is 0.303 e. The van der Waals surface area contributed by atoms with Gasteiger partial charge in [0.2, 0.25) is 0 Å². The number of aromatic nitrogens is 2. The highest BCUT2D eigenvalue weighted by molar-refractivity contribution is 5.80. The van der Waals surface area contributed by atoms with E-state index in [0.717, 1.165) is 47.7 Å². The van der Waals surface area contributed by atoms with Gasteiger partial charge < -0.3 is 19.1 Å². The first-order chi connectivity index (χ1) is 10.7. The lowest BCUT2D eigenvalue weighted by atomic mass is 10.2. The highest BCUT2D eigenvalue weighted by Gasteiger charge is 2.17. The third-order valence-corrected chi connectivity index (χ3v) is 3.83. The van der Waals surface area contributed by atoms with Crippen LogP contribution in [0.15, 0.2) is 12.1 Å². The summed E-state index contributed by atoms with van der Waals surface area (Å²) in [4.78, 5) is 15.3. The molecular weight excluding hydrogens is 284 g/mol. The van der Waals surface area contributed by atoms with Gasteiger partial charge in [-0.25, -0.2) is 4.98 Å². The first kappa shape index (κ1) is 14.7. The van der Waals surface area contributed by atoms with Crippen molar-refractivity contribution in [3.05, 3.63) is 18.0 Å². The zero-order chi connectivity index (χ0) is 15.5. The molecule has 3 rings (SSSR count). The number of nitrogens with zero attached hydrogens (tertiary/aromatic N) is 2. The normalized spacial score (nSPS) is 13.5. The summed E-state index contributed by atoms with van der Waals surface area (Å²) in [7, 11) is 0. The number of hydrogen-bond donors (Lipinski definition) is 1. The van der Waals surface area contributed by atoms with Gasteiger partial charge in [-0.2, -0.15) is 0 Å². The summed E-state index contributed by atoms with van der Waals surface area (Å²) in [6.07, 6.45) is 2.53. The average Bonchev–Trinajstić information content (AvgIpc) is 2.86. The molecule has 0 saturated heterocycles. The number of carbonyl (C=O) groups is 1. The van der Waals surface area contributed by atoms with Gasteiger partial charge in [-0.3, -0.25) is 4.79 Å². The molecule has 0 saturated carbocycles. The smallest absolute Gasteiger partial charge is 0.303 e. The number of rotatable bonds is 6. The van der Waals surface area contributed by atoms with Gasteiger partial charge in [-0.05, 0) is 12.8 Å². The van der Waals surface area contributed by atoms with E-state index in [0.29, 0.717) is 19.6 Å². The van der Waals surface area contributed by atoms with Crippen LogP contribution in [0.3, 0.4) is 0 Å². The van der Waals surface area contributed by atoms with E-state index >= 15 is 0 Å². The lowest BCUT2D eigenvalue weighted by Crippen LogP contribution is -2.15. The fourth-order valence-electron chi connectivity index (χ4n) is 2.78. The SMILES string of the molecule is CCc1nc2cc3c(cc2n1CCCCC(=O)O)OCCO3. The van der Waals surface area contributed by atoms with E-state index in [1.54, 1.807) is 0 Å². The summed E-state index contributed by atoms with van der Waals surface area (Å²) in [5.74, 6) is 1.77. The molecule has 1 aliphatic rings. The number of hydrogen-bond acceptors (Lipinski definition) is 4. The number of aliphatic carboxylic acids is 1.